The molecule has 1 saturated heterocycles. The summed E-state index contributed by atoms with van der Waals surface area (Å²) in [5, 5.41) is 5.01. The number of Topliss-reactive ketones (excluding diaryl/α,β-unsaturated/α-hetero) is 1. The molecule has 138 valence electrons. The van der Waals surface area contributed by atoms with Gasteiger partial charge in [-0.25, -0.2) is 0 Å². The number of rotatable bonds is 4. The molecule has 0 bridgehead atoms. The van der Waals surface area contributed by atoms with Crippen LogP contribution < -0.4 is 10.2 Å². The molecule has 0 radical (unpaired) electrons. The largest absolute Gasteiger partial charge is 0.371 e. The van der Waals surface area contributed by atoms with Gasteiger partial charge < -0.3 is 10.2 Å². The molecular weight excluding hydrogens is 358 g/mol. The Bertz CT molecular complexity index is 1010. The Labute approximate surface area is 162 Å². The lowest BCUT2D eigenvalue weighted by molar-refractivity contribution is 0.101. The summed E-state index contributed by atoms with van der Waals surface area (Å²) in [6.45, 7) is 3.63. The number of piperidine rings is 1. The van der Waals surface area contributed by atoms with Crippen LogP contribution in [0, 0.1) is 0 Å². The summed E-state index contributed by atoms with van der Waals surface area (Å²) in [5.74, 6) is -0.233. The normalized spacial score (nSPS) is 14.3. The van der Waals surface area contributed by atoms with Crippen LogP contribution in [0.25, 0.3) is 10.8 Å². The van der Waals surface area contributed by atoms with Crippen LogP contribution in [0.4, 0.5) is 11.4 Å². The van der Waals surface area contributed by atoms with Crippen molar-refractivity contribution >= 4 is 45.2 Å². The van der Waals surface area contributed by atoms with Gasteiger partial charge in [0.25, 0.3) is 5.91 Å². The minimum absolute atomic E-state index is 0.0282. The first-order chi connectivity index (χ1) is 13.1. The summed E-state index contributed by atoms with van der Waals surface area (Å²) >= 11 is 1.21. The Morgan fingerprint density at radius 1 is 1.00 bits per heavy atom. The summed E-state index contributed by atoms with van der Waals surface area (Å²) in [4.78, 5) is 31.9. The van der Waals surface area contributed by atoms with Crippen molar-refractivity contribution in [1.29, 1.82) is 0 Å². The van der Waals surface area contributed by atoms with Gasteiger partial charge in [-0.3, -0.25) is 14.6 Å². The monoisotopic (exact) mass is 379 g/mol. The smallest absolute Gasteiger partial charge is 0.265 e. The van der Waals surface area contributed by atoms with E-state index in [2.05, 4.69) is 21.3 Å². The number of hydrogen-bond donors (Lipinski definition) is 1. The minimum Gasteiger partial charge on any atom is -0.371 e. The third-order valence-electron chi connectivity index (χ3n) is 4.92. The number of carbonyl (C=O) groups excluding carboxylic acids is 2. The van der Waals surface area contributed by atoms with Crippen molar-refractivity contribution in [2.24, 2.45) is 0 Å². The lowest BCUT2D eigenvalue weighted by Gasteiger charge is -2.30. The van der Waals surface area contributed by atoms with E-state index in [-0.39, 0.29) is 11.7 Å². The highest BCUT2D eigenvalue weighted by atomic mass is 32.1. The van der Waals surface area contributed by atoms with E-state index >= 15 is 0 Å². The van der Waals surface area contributed by atoms with Gasteiger partial charge in [0.15, 0.2) is 5.78 Å². The molecule has 4 rings (SSSR count). The molecule has 1 fully saturated rings. The van der Waals surface area contributed by atoms with E-state index < -0.39 is 0 Å². The molecule has 0 atom stereocenters. The molecule has 27 heavy (non-hydrogen) atoms. The van der Waals surface area contributed by atoms with Crippen molar-refractivity contribution in [3.05, 3.63) is 52.5 Å². The highest BCUT2D eigenvalue weighted by molar-refractivity contribution is 7.16. The van der Waals surface area contributed by atoms with E-state index in [4.69, 9.17) is 0 Å². The summed E-state index contributed by atoms with van der Waals surface area (Å²) in [5.41, 5.74) is 1.93. The summed E-state index contributed by atoms with van der Waals surface area (Å²) in [6.07, 6.45) is 7.30. The Balaban J connectivity index is 1.66. The molecular formula is C21H21N3O2S. The Hall–Kier alpha value is -2.73. The van der Waals surface area contributed by atoms with Crippen LogP contribution >= 0.6 is 11.3 Å². The number of pyridine rings is 1. The van der Waals surface area contributed by atoms with Crippen LogP contribution in [0.3, 0.4) is 0 Å². The van der Waals surface area contributed by atoms with Crippen molar-refractivity contribution in [2.45, 2.75) is 26.2 Å². The average Bonchev–Trinajstić information content (AvgIpc) is 3.20. The molecule has 0 saturated carbocycles. The molecule has 0 spiro atoms. The molecule has 0 unspecified atom stereocenters. The predicted octanol–water partition coefficient (Wildman–Crippen LogP) is 4.74. The van der Waals surface area contributed by atoms with Gasteiger partial charge in [0.05, 0.1) is 15.4 Å². The summed E-state index contributed by atoms with van der Waals surface area (Å²) in [7, 11) is 0. The number of ketones is 1. The highest BCUT2D eigenvalue weighted by Crippen LogP contribution is 2.33. The number of fused-ring (bicyclic) bond motifs is 1. The average molecular weight is 379 g/mol. The van der Waals surface area contributed by atoms with Crippen LogP contribution in [0.5, 0.6) is 0 Å². The maximum absolute atomic E-state index is 12.6. The Kier molecular flexibility index (Phi) is 4.90. The topological polar surface area (TPSA) is 62.3 Å². The van der Waals surface area contributed by atoms with Gasteiger partial charge in [-0.15, -0.1) is 11.3 Å². The van der Waals surface area contributed by atoms with Crippen LogP contribution in [0.15, 0.2) is 42.7 Å². The number of hydrogen-bond acceptors (Lipinski definition) is 5. The van der Waals surface area contributed by atoms with Crippen molar-refractivity contribution in [3.8, 4) is 0 Å². The standard InChI is InChI=1S/C21H21N3O2S/c1-14(25)19-7-8-20(27-19)21(26)23-17-5-6-18(24-11-3-2-4-12-24)15-9-10-22-13-16(15)17/h5-10,13H,2-4,11-12H2,1H3,(H,23,26). The zero-order valence-corrected chi connectivity index (χ0v) is 16.0. The fourth-order valence-corrected chi connectivity index (χ4v) is 4.32. The van der Waals surface area contributed by atoms with Gasteiger partial charge >= 0.3 is 0 Å². The number of carbonyl (C=O) groups is 2. The van der Waals surface area contributed by atoms with Gasteiger partial charge in [-0.2, -0.15) is 0 Å². The number of benzene rings is 1. The van der Waals surface area contributed by atoms with Gasteiger partial charge in [0.1, 0.15) is 0 Å². The maximum Gasteiger partial charge on any atom is 0.265 e. The van der Waals surface area contributed by atoms with Crippen molar-refractivity contribution in [3.63, 3.8) is 0 Å². The van der Waals surface area contributed by atoms with Gasteiger partial charge in [0.2, 0.25) is 0 Å². The molecule has 5 nitrogen and oxygen atoms in total. The second-order valence-corrected chi connectivity index (χ2v) is 7.86. The first kappa shape index (κ1) is 17.7. The molecule has 1 N–H and O–H groups in total. The lowest BCUT2D eigenvalue weighted by atomic mass is 10.1. The molecule has 1 aliphatic rings. The molecule has 1 amide bonds. The zero-order chi connectivity index (χ0) is 18.8. The zero-order valence-electron chi connectivity index (χ0n) is 15.2. The van der Waals surface area contributed by atoms with E-state index in [0.29, 0.717) is 9.75 Å². The lowest BCUT2D eigenvalue weighted by Crippen LogP contribution is -2.29. The van der Waals surface area contributed by atoms with Crippen molar-refractivity contribution in [1.82, 2.24) is 4.98 Å². The van der Waals surface area contributed by atoms with Crippen LogP contribution in [0.1, 0.15) is 45.5 Å². The molecule has 1 aromatic carbocycles. The third-order valence-corrected chi connectivity index (χ3v) is 6.10. The third kappa shape index (κ3) is 3.57. The summed E-state index contributed by atoms with van der Waals surface area (Å²) in [6, 6.07) is 9.43. The maximum atomic E-state index is 12.6. The van der Waals surface area contributed by atoms with Crippen LogP contribution in [-0.4, -0.2) is 29.8 Å². The van der Waals surface area contributed by atoms with E-state index in [9.17, 15) is 9.59 Å². The molecule has 3 heterocycles. The van der Waals surface area contributed by atoms with Gasteiger partial charge in [-0.05, 0) is 56.5 Å². The predicted molar refractivity (Wildman–Crippen MR) is 110 cm³/mol. The number of nitrogens with one attached hydrogen (secondary N) is 1. The van der Waals surface area contributed by atoms with E-state index in [1.807, 2.05) is 12.1 Å². The molecule has 6 heteroatoms. The number of thiophene rings is 1. The van der Waals surface area contributed by atoms with Crippen molar-refractivity contribution < 1.29 is 9.59 Å². The first-order valence-electron chi connectivity index (χ1n) is 9.17. The summed E-state index contributed by atoms with van der Waals surface area (Å²) < 4.78 is 0. The second-order valence-electron chi connectivity index (χ2n) is 6.78. The number of aromatic nitrogens is 1. The number of nitrogens with zero attached hydrogens (tertiary/aromatic N) is 2. The SMILES string of the molecule is CC(=O)c1ccc(C(=O)Nc2ccc(N3CCCCC3)c3ccncc23)s1. The number of anilines is 2. The van der Waals surface area contributed by atoms with Crippen LogP contribution in [0.2, 0.25) is 0 Å². The fourth-order valence-electron chi connectivity index (χ4n) is 3.53. The first-order valence-corrected chi connectivity index (χ1v) is 9.99. The van der Waals surface area contributed by atoms with Crippen LogP contribution in [-0.2, 0) is 0 Å². The Morgan fingerprint density at radius 3 is 2.52 bits per heavy atom. The Morgan fingerprint density at radius 2 is 1.78 bits per heavy atom. The van der Waals surface area contributed by atoms with Crippen molar-refractivity contribution in [2.75, 3.05) is 23.3 Å². The number of amides is 1. The minimum atomic E-state index is -0.205. The molecule has 2 aromatic heterocycles. The van der Waals surface area contributed by atoms with E-state index in [1.54, 1.807) is 24.5 Å². The molecule has 3 aromatic rings. The molecule has 0 aliphatic carbocycles. The highest BCUT2D eigenvalue weighted by Gasteiger charge is 2.17. The fraction of sp³-hybridized carbons (Fsp3) is 0.286. The van der Waals surface area contributed by atoms with E-state index in [1.165, 1.54) is 43.2 Å². The second kappa shape index (κ2) is 7.48. The van der Waals surface area contributed by atoms with E-state index in [0.717, 1.165) is 29.5 Å². The quantitative estimate of drug-likeness (QED) is 0.665. The van der Waals surface area contributed by atoms with Gasteiger partial charge in [-0.1, -0.05) is 0 Å². The van der Waals surface area contributed by atoms with Gasteiger partial charge in [0, 0.05) is 41.9 Å². The molecule has 1 aliphatic heterocycles.